The van der Waals surface area contributed by atoms with Gasteiger partial charge in [0.15, 0.2) is 5.58 Å². The van der Waals surface area contributed by atoms with E-state index in [1.807, 2.05) is 11.3 Å². The molecule has 0 aliphatic rings. The Morgan fingerprint density at radius 3 is 2.08 bits per heavy atom. The molecule has 3 aromatic heterocycles. The molecule has 4 heteroatoms. The minimum absolute atomic E-state index is 0.876. The molecule has 0 aliphatic heterocycles. The molecule has 0 spiro atoms. The van der Waals surface area contributed by atoms with Crippen LogP contribution in [0.4, 0.5) is 17.1 Å². The molecular weight excluding hydrogens is 629 g/mol. The van der Waals surface area contributed by atoms with E-state index >= 15 is 0 Å². The minimum Gasteiger partial charge on any atom is -0.454 e. The van der Waals surface area contributed by atoms with Gasteiger partial charge >= 0.3 is 0 Å². The second-order valence-electron chi connectivity index (χ2n) is 12.9. The number of hydrogen-bond acceptors (Lipinski definition) is 3. The molecule has 11 rings (SSSR count). The molecule has 0 bridgehead atoms. The van der Waals surface area contributed by atoms with E-state index in [4.69, 9.17) is 4.42 Å². The first-order valence-electron chi connectivity index (χ1n) is 16.9. The molecule has 3 nitrogen and oxygen atoms in total. The lowest BCUT2D eigenvalue weighted by Gasteiger charge is -2.26. The summed E-state index contributed by atoms with van der Waals surface area (Å²) in [5, 5.41) is 9.68. The third-order valence-electron chi connectivity index (χ3n) is 10.2. The fraction of sp³-hybridized carbons (Fsp3) is 0. The molecule has 0 N–H and O–H groups in total. The predicted octanol–water partition coefficient (Wildman–Crippen LogP) is 13.7. The number of nitrogens with zero attached hydrogens (tertiary/aromatic N) is 2. The van der Waals surface area contributed by atoms with Gasteiger partial charge in [0, 0.05) is 48.4 Å². The van der Waals surface area contributed by atoms with Gasteiger partial charge in [-0.05, 0) is 65.4 Å². The highest BCUT2D eigenvalue weighted by atomic mass is 32.1. The Balaban J connectivity index is 1.26. The summed E-state index contributed by atoms with van der Waals surface area (Å²) in [5.41, 5.74) is 8.46. The van der Waals surface area contributed by atoms with Crippen molar-refractivity contribution in [1.29, 1.82) is 0 Å². The van der Waals surface area contributed by atoms with Crippen molar-refractivity contribution in [2.45, 2.75) is 0 Å². The maximum absolute atomic E-state index is 6.87. The zero-order chi connectivity index (χ0) is 32.8. The number of thiophene rings is 1. The number of furan rings is 1. The summed E-state index contributed by atoms with van der Waals surface area (Å²) in [6, 6.07) is 61.1. The Hall–Kier alpha value is -6.36. The Kier molecular flexibility index (Phi) is 5.83. The standard InChI is InChI=1S/C46H28N2OS/c1-2-13-30(14-3-1)47-38-20-8-6-16-33(38)34-26-25-31(28-41(34)47)48(40-22-10-18-36-35-17-7-9-23-43(35)50-46(36)40)39-21-11-19-37-44-32-15-5-4-12-29(32)24-27-42(44)49-45(37)39/h1-28H. The van der Waals surface area contributed by atoms with Gasteiger partial charge in [-0.25, -0.2) is 0 Å². The highest BCUT2D eigenvalue weighted by Crippen LogP contribution is 2.49. The average Bonchev–Trinajstić information content (AvgIpc) is 3.86. The van der Waals surface area contributed by atoms with Gasteiger partial charge < -0.3 is 13.9 Å². The summed E-state index contributed by atoms with van der Waals surface area (Å²) < 4.78 is 11.8. The Morgan fingerprint density at radius 1 is 0.480 bits per heavy atom. The maximum Gasteiger partial charge on any atom is 0.159 e. The van der Waals surface area contributed by atoms with E-state index in [1.165, 1.54) is 47.2 Å². The Morgan fingerprint density at radius 2 is 1.18 bits per heavy atom. The molecule has 0 atom stereocenters. The van der Waals surface area contributed by atoms with Crippen LogP contribution in [0.2, 0.25) is 0 Å². The Bertz CT molecular complexity index is 3110. The second-order valence-corrected chi connectivity index (χ2v) is 13.9. The predicted molar refractivity (Wildman–Crippen MR) is 213 cm³/mol. The van der Waals surface area contributed by atoms with Crippen LogP contribution in [-0.2, 0) is 0 Å². The second kappa shape index (κ2) is 10.6. The topological polar surface area (TPSA) is 21.3 Å². The van der Waals surface area contributed by atoms with E-state index in [9.17, 15) is 0 Å². The minimum atomic E-state index is 0.876. The summed E-state index contributed by atoms with van der Waals surface area (Å²) in [6.45, 7) is 0. The number of rotatable bonds is 4. The molecule has 0 fully saturated rings. The number of aromatic nitrogens is 1. The van der Waals surface area contributed by atoms with E-state index in [0.29, 0.717) is 0 Å². The van der Waals surface area contributed by atoms with Crippen LogP contribution in [0.1, 0.15) is 0 Å². The van der Waals surface area contributed by atoms with Crippen LogP contribution in [0.15, 0.2) is 174 Å². The third-order valence-corrected chi connectivity index (χ3v) is 11.4. The van der Waals surface area contributed by atoms with Gasteiger partial charge in [-0.15, -0.1) is 11.3 Å². The SMILES string of the molecule is c1ccc(-n2c3ccccc3c3ccc(N(c4cccc5c4oc4ccc6ccccc6c45)c4cccc5c4sc4ccccc45)cc32)cc1. The van der Waals surface area contributed by atoms with E-state index in [1.54, 1.807) is 0 Å². The molecule has 11 aromatic rings. The lowest BCUT2D eigenvalue weighted by Crippen LogP contribution is -2.10. The summed E-state index contributed by atoms with van der Waals surface area (Å²) in [7, 11) is 0. The normalized spacial score (nSPS) is 12.0. The van der Waals surface area contributed by atoms with Crippen LogP contribution in [-0.4, -0.2) is 4.57 Å². The molecule has 0 radical (unpaired) electrons. The zero-order valence-electron chi connectivity index (χ0n) is 26.9. The van der Waals surface area contributed by atoms with Gasteiger partial charge in [0.1, 0.15) is 5.58 Å². The summed E-state index contributed by atoms with van der Waals surface area (Å²) in [5.74, 6) is 0. The van der Waals surface area contributed by atoms with Crippen molar-refractivity contribution >= 4 is 103 Å². The largest absolute Gasteiger partial charge is 0.454 e. The van der Waals surface area contributed by atoms with Crippen molar-refractivity contribution in [3.63, 3.8) is 0 Å². The highest BCUT2D eigenvalue weighted by Gasteiger charge is 2.24. The van der Waals surface area contributed by atoms with Gasteiger partial charge in [0.05, 0.1) is 27.1 Å². The van der Waals surface area contributed by atoms with E-state index in [0.717, 1.165) is 50.2 Å². The van der Waals surface area contributed by atoms with Gasteiger partial charge in [-0.1, -0.05) is 115 Å². The van der Waals surface area contributed by atoms with Crippen molar-refractivity contribution in [3.8, 4) is 5.69 Å². The maximum atomic E-state index is 6.87. The highest BCUT2D eigenvalue weighted by molar-refractivity contribution is 7.26. The number of hydrogen-bond donors (Lipinski definition) is 0. The molecule has 50 heavy (non-hydrogen) atoms. The van der Waals surface area contributed by atoms with Gasteiger partial charge in [-0.2, -0.15) is 0 Å². The fourth-order valence-electron chi connectivity index (χ4n) is 8.00. The fourth-order valence-corrected chi connectivity index (χ4v) is 9.21. The molecule has 0 amide bonds. The van der Waals surface area contributed by atoms with Crippen LogP contribution in [0.5, 0.6) is 0 Å². The van der Waals surface area contributed by atoms with Crippen molar-refractivity contribution in [2.75, 3.05) is 4.90 Å². The average molecular weight is 657 g/mol. The van der Waals surface area contributed by atoms with Crippen molar-refractivity contribution in [2.24, 2.45) is 0 Å². The van der Waals surface area contributed by atoms with Crippen molar-refractivity contribution < 1.29 is 4.42 Å². The van der Waals surface area contributed by atoms with Crippen molar-refractivity contribution in [3.05, 3.63) is 170 Å². The third kappa shape index (κ3) is 3.91. The van der Waals surface area contributed by atoms with E-state index in [2.05, 4.69) is 179 Å². The summed E-state index contributed by atoms with van der Waals surface area (Å²) in [6.07, 6.45) is 0. The van der Waals surface area contributed by atoms with Gasteiger partial charge in [-0.3, -0.25) is 0 Å². The smallest absolute Gasteiger partial charge is 0.159 e. The van der Waals surface area contributed by atoms with Crippen LogP contribution in [0.3, 0.4) is 0 Å². The molecule has 0 saturated heterocycles. The molecule has 0 saturated carbocycles. The number of benzene rings is 8. The van der Waals surface area contributed by atoms with Crippen LogP contribution >= 0.6 is 11.3 Å². The monoisotopic (exact) mass is 656 g/mol. The summed E-state index contributed by atoms with van der Waals surface area (Å²) in [4.78, 5) is 2.41. The first-order valence-corrected chi connectivity index (χ1v) is 17.8. The van der Waals surface area contributed by atoms with Gasteiger partial charge in [0.25, 0.3) is 0 Å². The van der Waals surface area contributed by atoms with E-state index < -0.39 is 0 Å². The zero-order valence-corrected chi connectivity index (χ0v) is 27.7. The molecule has 8 aromatic carbocycles. The molecule has 234 valence electrons. The quantitative estimate of drug-likeness (QED) is 0.188. The molecule has 0 unspecified atom stereocenters. The van der Waals surface area contributed by atoms with E-state index in [-0.39, 0.29) is 0 Å². The Labute approximate surface area is 291 Å². The van der Waals surface area contributed by atoms with Gasteiger partial charge in [0.2, 0.25) is 0 Å². The van der Waals surface area contributed by atoms with Crippen molar-refractivity contribution in [1.82, 2.24) is 4.57 Å². The lowest BCUT2D eigenvalue weighted by atomic mass is 10.0. The van der Waals surface area contributed by atoms with Crippen LogP contribution in [0.25, 0.3) is 80.4 Å². The first-order chi connectivity index (χ1) is 24.8. The molecule has 0 aliphatic carbocycles. The molecular formula is C46H28N2OS. The lowest BCUT2D eigenvalue weighted by molar-refractivity contribution is 0.669. The number of fused-ring (bicyclic) bond motifs is 11. The number of para-hydroxylation sites is 3. The number of anilines is 3. The summed E-state index contributed by atoms with van der Waals surface area (Å²) >= 11 is 1.85. The molecule has 3 heterocycles. The first kappa shape index (κ1) is 27.6. The van der Waals surface area contributed by atoms with Crippen LogP contribution in [0, 0.1) is 0 Å². The van der Waals surface area contributed by atoms with Crippen LogP contribution < -0.4 is 4.90 Å².